The Morgan fingerprint density at radius 2 is 2.08 bits per heavy atom. The summed E-state index contributed by atoms with van der Waals surface area (Å²) in [5.74, 6) is 0.904. The highest BCUT2D eigenvalue weighted by Crippen LogP contribution is 2.16. The van der Waals surface area contributed by atoms with Crippen molar-refractivity contribution >= 4 is 41.5 Å². The maximum absolute atomic E-state index is 6.25. The second kappa shape index (κ2) is 11.4. The fourth-order valence-corrected chi connectivity index (χ4v) is 2.70. The van der Waals surface area contributed by atoms with E-state index in [-0.39, 0.29) is 24.0 Å². The minimum atomic E-state index is 0. The van der Waals surface area contributed by atoms with E-state index in [2.05, 4.69) is 27.3 Å². The van der Waals surface area contributed by atoms with Crippen LogP contribution in [0.3, 0.4) is 0 Å². The lowest BCUT2D eigenvalue weighted by Crippen LogP contribution is -2.38. The topological polar surface area (TPSA) is 56.3 Å². The highest BCUT2D eigenvalue weighted by molar-refractivity contribution is 14.0. The van der Waals surface area contributed by atoms with Crippen molar-refractivity contribution in [2.45, 2.75) is 33.2 Å². The monoisotopic (exact) mass is 475 g/mol. The Balaban J connectivity index is 0.00000312. The van der Waals surface area contributed by atoms with E-state index in [1.165, 1.54) is 5.56 Å². The van der Waals surface area contributed by atoms with Crippen molar-refractivity contribution in [1.82, 2.24) is 20.4 Å². The summed E-state index contributed by atoms with van der Waals surface area (Å²) in [6.07, 6.45) is 3.88. The highest BCUT2D eigenvalue weighted by atomic mass is 127. The number of halogens is 2. The molecule has 1 heterocycles. The molecule has 0 fully saturated rings. The van der Waals surface area contributed by atoms with Crippen LogP contribution in [0.4, 0.5) is 0 Å². The quantitative estimate of drug-likeness (QED) is 0.275. The van der Waals surface area contributed by atoms with E-state index >= 15 is 0 Å². The molecule has 138 valence electrons. The molecule has 2 rings (SSSR count). The zero-order valence-electron chi connectivity index (χ0n) is 15.1. The van der Waals surface area contributed by atoms with Crippen LogP contribution in [0.25, 0.3) is 0 Å². The molecule has 0 saturated carbocycles. The van der Waals surface area contributed by atoms with E-state index in [1.54, 1.807) is 0 Å². The van der Waals surface area contributed by atoms with Crippen molar-refractivity contribution in [2.75, 3.05) is 20.1 Å². The Labute approximate surface area is 172 Å². The average Bonchev–Trinajstić information content (AvgIpc) is 2.97. The van der Waals surface area contributed by atoms with Crippen LogP contribution < -0.4 is 5.32 Å². The Morgan fingerprint density at radius 3 is 2.72 bits per heavy atom. The van der Waals surface area contributed by atoms with E-state index in [0.29, 0.717) is 0 Å². The van der Waals surface area contributed by atoms with Crippen LogP contribution in [0.5, 0.6) is 0 Å². The molecule has 0 bridgehead atoms. The van der Waals surface area contributed by atoms with E-state index in [9.17, 15) is 0 Å². The molecular weight excluding hydrogens is 449 g/mol. The zero-order valence-corrected chi connectivity index (χ0v) is 18.1. The van der Waals surface area contributed by atoms with Crippen molar-refractivity contribution < 1.29 is 0 Å². The van der Waals surface area contributed by atoms with Crippen LogP contribution in [-0.4, -0.2) is 41.2 Å². The van der Waals surface area contributed by atoms with Gasteiger partial charge in [-0.1, -0.05) is 29.8 Å². The van der Waals surface area contributed by atoms with Gasteiger partial charge in [0.25, 0.3) is 0 Å². The number of nitrogens with zero attached hydrogens (tertiary/aromatic N) is 3. The van der Waals surface area contributed by atoms with Crippen LogP contribution in [-0.2, 0) is 13.0 Å². The molecule has 0 radical (unpaired) electrons. The largest absolute Gasteiger partial charge is 0.357 e. The van der Waals surface area contributed by atoms with E-state index in [4.69, 9.17) is 16.6 Å². The maximum Gasteiger partial charge on any atom is 0.193 e. The molecule has 7 heteroatoms. The fourth-order valence-electron chi connectivity index (χ4n) is 2.51. The number of aromatic nitrogens is 2. The third-order valence-electron chi connectivity index (χ3n) is 3.86. The second-order valence-corrected chi connectivity index (χ2v) is 6.21. The summed E-state index contributed by atoms with van der Waals surface area (Å²) in [4.78, 5) is 6.83. The smallest absolute Gasteiger partial charge is 0.193 e. The van der Waals surface area contributed by atoms with E-state index in [1.807, 2.05) is 44.4 Å². The molecule has 0 unspecified atom stereocenters. The number of nitrogens with one attached hydrogen (secondary N) is 2. The standard InChI is InChI=1S/C18H26ClN5.HI/c1-4-20-18(21-11-7-9-15-12-22-23-14(15)2)24(3)13-16-8-5-6-10-17(16)19;/h5-6,8,10,12H,4,7,9,11,13H2,1-3H3,(H,20,21)(H,22,23);1H. The zero-order chi connectivity index (χ0) is 17.4. The first-order valence-electron chi connectivity index (χ1n) is 8.33. The van der Waals surface area contributed by atoms with Crippen molar-refractivity contribution in [2.24, 2.45) is 4.99 Å². The summed E-state index contributed by atoms with van der Waals surface area (Å²) < 4.78 is 0. The molecule has 1 aromatic carbocycles. The van der Waals surface area contributed by atoms with Crippen LogP contribution in [0.2, 0.25) is 5.02 Å². The number of aliphatic imine (C=N–C) groups is 1. The first-order chi connectivity index (χ1) is 11.6. The van der Waals surface area contributed by atoms with Crippen LogP contribution >= 0.6 is 35.6 Å². The number of aromatic amines is 1. The van der Waals surface area contributed by atoms with Gasteiger partial charge in [0.2, 0.25) is 0 Å². The first kappa shape index (κ1) is 21.8. The number of H-pyrrole nitrogens is 1. The lowest BCUT2D eigenvalue weighted by Gasteiger charge is -2.22. The van der Waals surface area contributed by atoms with Gasteiger partial charge in [0, 0.05) is 37.4 Å². The van der Waals surface area contributed by atoms with Gasteiger partial charge in [0.05, 0.1) is 6.20 Å². The third-order valence-corrected chi connectivity index (χ3v) is 4.23. The van der Waals surface area contributed by atoms with Gasteiger partial charge in [0.1, 0.15) is 0 Å². The molecule has 2 aromatic rings. The lowest BCUT2D eigenvalue weighted by molar-refractivity contribution is 0.476. The predicted molar refractivity (Wildman–Crippen MR) is 116 cm³/mol. The van der Waals surface area contributed by atoms with Gasteiger partial charge in [-0.2, -0.15) is 5.10 Å². The van der Waals surface area contributed by atoms with Crippen molar-refractivity contribution in [3.05, 3.63) is 52.3 Å². The van der Waals surface area contributed by atoms with Crippen LogP contribution in [0.15, 0.2) is 35.5 Å². The molecule has 0 spiro atoms. The molecule has 0 aliphatic carbocycles. The first-order valence-corrected chi connectivity index (χ1v) is 8.71. The number of rotatable bonds is 7. The SMILES string of the molecule is CCNC(=NCCCc1cn[nH]c1C)N(C)Cc1ccccc1Cl.I. The molecule has 0 aliphatic heterocycles. The molecule has 0 amide bonds. The average molecular weight is 476 g/mol. The molecule has 1 aromatic heterocycles. The van der Waals surface area contributed by atoms with Crippen molar-refractivity contribution in [3.8, 4) is 0 Å². The normalized spacial score (nSPS) is 11.1. The molecule has 0 saturated heterocycles. The van der Waals surface area contributed by atoms with E-state index in [0.717, 1.165) is 54.7 Å². The molecular formula is C18H27ClIN5. The Kier molecular flexibility index (Phi) is 9.89. The molecule has 0 aliphatic rings. The number of hydrogen-bond acceptors (Lipinski definition) is 2. The number of benzene rings is 1. The van der Waals surface area contributed by atoms with E-state index < -0.39 is 0 Å². The van der Waals surface area contributed by atoms with Crippen molar-refractivity contribution in [1.29, 1.82) is 0 Å². The lowest BCUT2D eigenvalue weighted by atomic mass is 10.1. The van der Waals surface area contributed by atoms with Gasteiger partial charge in [-0.05, 0) is 43.9 Å². The van der Waals surface area contributed by atoms with Gasteiger partial charge in [-0.25, -0.2) is 0 Å². The molecule has 0 atom stereocenters. The third kappa shape index (κ3) is 6.86. The number of hydrogen-bond donors (Lipinski definition) is 2. The van der Waals surface area contributed by atoms with Gasteiger partial charge < -0.3 is 10.2 Å². The predicted octanol–water partition coefficient (Wildman–Crippen LogP) is 4.02. The van der Waals surface area contributed by atoms with Gasteiger partial charge in [-0.3, -0.25) is 10.1 Å². The van der Waals surface area contributed by atoms with Crippen molar-refractivity contribution in [3.63, 3.8) is 0 Å². The van der Waals surface area contributed by atoms with Gasteiger partial charge in [0.15, 0.2) is 5.96 Å². The van der Waals surface area contributed by atoms with Gasteiger partial charge in [-0.15, -0.1) is 24.0 Å². The minimum absolute atomic E-state index is 0. The molecule has 25 heavy (non-hydrogen) atoms. The van der Waals surface area contributed by atoms with Crippen LogP contribution in [0, 0.1) is 6.92 Å². The summed E-state index contributed by atoms with van der Waals surface area (Å²) in [5, 5.41) is 11.2. The Bertz CT molecular complexity index is 671. The molecule has 2 N–H and O–H groups in total. The highest BCUT2D eigenvalue weighted by Gasteiger charge is 2.08. The summed E-state index contributed by atoms with van der Waals surface area (Å²) in [7, 11) is 2.03. The Morgan fingerprint density at radius 1 is 1.32 bits per heavy atom. The summed E-state index contributed by atoms with van der Waals surface area (Å²) in [6, 6.07) is 7.92. The van der Waals surface area contributed by atoms with Gasteiger partial charge >= 0.3 is 0 Å². The summed E-state index contributed by atoms with van der Waals surface area (Å²) in [6.45, 7) is 6.47. The number of aryl methyl sites for hydroxylation is 2. The fraction of sp³-hybridized carbons (Fsp3) is 0.444. The second-order valence-electron chi connectivity index (χ2n) is 5.81. The summed E-state index contributed by atoms with van der Waals surface area (Å²) in [5.41, 5.74) is 3.50. The maximum atomic E-state index is 6.25. The Hall–Kier alpha value is -1.28. The number of guanidine groups is 1. The van der Waals surface area contributed by atoms with Crippen LogP contribution in [0.1, 0.15) is 30.2 Å². The molecule has 5 nitrogen and oxygen atoms in total. The summed E-state index contributed by atoms with van der Waals surface area (Å²) >= 11 is 6.25. The minimum Gasteiger partial charge on any atom is -0.357 e.